The molecule has 3 rings (SSSR count). The second-order valence-corrected chi connectivity index (χ2v) is 9.28. The Kier molecular flexibility index (Phi) is 7.72. The van der Waals surface area contributed by atoms with Crippen molar-refractivity contribution in [1.29, 1.82) is 0 Å². The number of benzene rings is 3. The minimum absolute atomic E-state index is 0.233. The van der Waals surface area contributed by atoms with Crippen molar-refractivity contribution in [3.05, 3.63) is 76.9 Å². The molecule has 0 atom stereocenters. The van der Waals surface area contributed by atoms with E-state index in [0.29, 0.717) is 28.3 Å². The lowest BCUT2D eigenvalue weighted by Gasteiger charge is -2.22. The first-order chi connectivity index (χ1) is 15.9. The fraction of sp³-hybridized carbons (Fsp3) is 0.231. The first-order valence-corrected chi connectivity index (χ1v) is 11.6. The predicted octanol–water partition coefficient (Wildman–Crippen LogP) is 5.13. The van der Waals surface area contributed by atoms with Gasteiger partial charge in [0.15, 0.2) is 0 Å². The van der Waals surface area contributed by atoms with Crippen LogP contribution in [0.5, 0.6) is 23.0 Å². The van der Waals surface area contributed by atoms with Crippen molar-refractivity contribution in [3.8, 4) is 23.0 Å². The summed E-state index contributed by atoms with van der Waals surface area (Å²) >= 11 is 0. The van der Waals surface area contributed by atoms with Crippen molar-refractivity contribution in [1.82, 2.24) is 0 Å². The van der Waals surface area contributed by atoms with Crippen molar-refractivity contribution in [2.45, 2.75) is 13.8 Å². The highest BCUT2D eigenvalue weighted by molar-refractivity contribution is 7.96. The van der Waals surface area contributed by atoms with Gasteiger partial charge in [-0.1, -0.05) is 35.9 Å². The molecular weight excluding hydrogens is 439 g/mol. The molecule has 0 bridgehead atoms. The zero-order valence-corrected chi connectivity index (χ0v) is 20.5. The number of rotatable bonds is 9. The number of aryl methyl sites for hydroxylation is 2. The third kappa shape index (κ3) is 4.71. The highest BCUT2D eigenvalue weighted by Gasteiger charge is 2.37. The van der Waals surface area contributed by atoms with Crippen LogP contribution in [0.3, 0.4) is 0 Å². The summed E-state index contributed by atoms with van der Waals surface area (Å²) in [5, 5.41) is 0.668. The molecule has 0 heterocycles. The smallest absolute Gasteiger partial charge is 0.204 e. The second kappa shape index (κ2) is 10.5. The van der Waals surface area contributed by atoms with Gasteiger partial charge >= 0.3 is 0 Å². The predicted molar refractivity (Wildman–Crippen MR) is 130 cm³/mol. The molecule has 33 heavy (non-hydrogen) atoms. The Morgan fingerprint density at radius 1 is 0.636 bits per heavy atom. The van der Waals surface area contributed by atoms with Gasteiger partial charge in [0.25, 0.3) is 0 Å². The van der Waals surface area contributed by atoms with Crippen LogP contribution in [0.4, 0.5) is 0 Å². The molecule has 3 aromatic rings. The zero-order chi connectivity index (χ0) is 24.1. The van der Waals surface area contributed by atoms with Gasteiger partial charge in [-0.2, -0.15) is 0 Å². The summed E-state index contributed by atoms with van der Waals surface area (Å²) in [4.78, 5) is 28.3. The molecule has 0 amide bonds. The molecule has 0 saturated carbocycles. The van der Waals surface area contributed by atoms with Crippen molar-refractivity contribution in [3.63, 3.8) is 0 Å². The average Bonchev–Trinajstić information content (AvgIpc) is 2.84. The van der Waals surface area contributed by atoms with E-state index in [1.165, 1.54) is 28.4 Å². The number of carbonyl (C=O) groups is 2. The number of ether oxygens (including phenoxy) is 4. The summed E-state index contributed by atoms with van der Waals surface area (Å²) in [5.74, 6) is 1.38. The number of carbonyl (C=O) groups excluding carboxylic acids is 2. The van der Waals surface area contributed by atoms with Crippen LogP contribution in [-0.2, 0) is 0 Å². The molecule has 172 valence electrons. The second-order valence-electron chi connectivity index (χ2n) is 7.31. The Morgan fingerprint density at radius 2 is 1.03 bits per heavy atom. The van der Waals surface area contributed by atoms with Crippen LogP contribution in [0.15, 0.2) is 54.6 Å². The van der Waals surface area contributed by atoms with Gasteiger partial charge in [-0.05, 0) is 49.0 Å². The van der Waals surface area contributed by atoms with Crippen molar-refractivity contribution in [2.75, 3.05) is 28.4 Å². The number of methoxy groups -OCH3 is 4. The first kappa shape index (κ1) is 24.3. The van der Waals surface area contributed by atoms with Crippen LogP contribution >= 0.6 is 7.92 Å². The molecule has 0 radical (unpaired) electrons. The van der Waals surface area contributed by atoms with E-state index < -0.39 is 7.92 Å². The third-order valence-corrected chi connectivity index (χ3v) is 7.52. The highest BCUT2D eigenvalue weighted by Crippen LogP contribution is 2.50. The molecule has 0 N–H and O–H groups in total. The molecule has 0 aliphatic rings. The Morgan fingerprint density at radius 3 is 1.39 bits per heavy atom. The molecule has 0 aliphatic heterocycles. The summed E-state index contributed by atoms with van der Waals surface area (Å²) in [6.07, 6.45) is 0. The van der Waals surface area contributed by atoms with Gasteiger partial charge in [-0.25, -0.2) is 0 Å². The first-order valence-electron chi connectivity index (χ1n) is 10.3. The van der Waals surface area contributed by atoms with E-state index in [1.54, 1.807) is 36.4 Å². The van der Waals surface area contributed by atoms with Gasteiger partial charge < -0.3 is 18.9 Å². The molecule has 0 aromatic heterocycles. The zero-order valence-electron chi connectivity index (χ0n) is 19.6. The molecule has 3 aromatic carbocycles. The molecule has 7 heteroatoms. The maximum atomic E-state index is 14.1. The maximum Gasteiger partial charge on any atom is 0.204 e. The van der Waals surface area contributed by atoms with E-state index in [-0.39, 0.29) is 22.2 Å². The quantitative estimate of drug-likeness (QED) is 0.408. The van der Waals surface area contributed by atoms with Gasteiger partial charge in [0.2, 0.25) is 11.0 Å². The molecule has 0 aliphatic carbocycles. The summed E-state index contributed by atoms with van der Waals surface area (Å²) in [6, 6.07) is 16.0. The Hall–Kier alpha value is -3.37. The molecule has 0 fully saturated rings. The van der Waals surface area contributed by atoms with Crippen molar-refractivity contribution in [2.24, 2.45) is 0 Å². The molecule has 0 saturated heterocycles. The van der Waals surface area contributed by atoms with Crippen LogP contribution in [0.1, 0.15) is 31.8 Å². The Bertz CT molecular complexity index is 1080. The van der Waals surface area contributed by atoms with Gasteiger partial charge in [0.05, 0.1) is 36.4 Å². The van der Waals surface area contributed by atoms with Gasteiger partial charge in [-0.15, -0.1) is 0 Å². The molecule has 6 nitrogen and oxygen atoms in total. The van der Waals surface area contributed by atoms with E-state index >= 15 is 0 Å². The highest BCUT2D eigenvalue weighted by atomic mass is 31.1. The van der Waals surface area contributed by atoms with E-state index in [2.05, 4.69) is 0 Å². The van der Waals surface area contributed by atoms with Crippen molar-refractivity contribution < 1.29 is 28.5 Å². The summed E-state index contributed by atoms with van der Waals surface area (Å²) in [7, 11) is 3.88. The average molecular weight is 466 g/mol. The van der Waals surface area contributed by atoms with Crippen LogP contribution in [0.25, 0.3) is 0 Å². The number of hydrogen-bond acceptors (Lipinski definition) is 6. The Labute approximate surface area is 195 Å². The fourth-order valence-corrected chi connectivity index (χ4v) is 5.89. The topological polar surface area (TPSA) is 71.1 Å². The third-order valence-electron chi connectivity index (χ3n) is 5.30. The fourth-order valence-electron chi connectivity index (χ4n) is 3.62. The lowest BCUT2D eigenvalue weighted by molar-refractivity contribution is 0.104. The summed E-state index contributed by atoms with van der Waals surface area (Å²) in [5.41, 5.74) is 1.52. The van der Waals surface area contributed by atoms with E-state index in [0.717, 1.165) is 11.1 Å². The van der Waals surface area contributed by atoms with E-state index in [9.17, 15) is 9.59 Å². The lowest BCUT2D eigenvalue weighted by atomic mass is 10.2. The van der Waals surface area contributed by atoms with Gasteiger partial charge in [-0.3, -0.25) is 9.59 Å². The van der Waals surface area contributed by atoms with Crippen LogP contribution < -0.4 is 24.3 Å². The monoisotopic (exact) mass is 466 g/mol. The normalized spacial score (nSPS) is 10.6. The van der Waals surface area contributed by atoms with Crippen LogP contribution in [0, 0.1) is 13.8 Å². The molecule has 0 unspecified atom stereocenters. The van der Waals surface area contributed by atoms with E-state index in [1.807, 2.05) is 32.0 Å². The van der Waals surface area contributed by atoms with Crippen molar-refractivity contribution >= 4 is 24.3 Å². The minimum Gasteiger partial charge on any atom is -0.496 e. The number of hydrogen-bond donors (Lipinski definition) is 0. The van der Waals surface area contributed by atoms with Gasteiger partial charge in [0, 0.05) is 0 Å². The Balaban J connectivity index is 2.32. The SMILES string of the molecule is COc1cccc(OC)c1C(=O)P(C(=O)c1c(OC)cccc1OC)c1cc(C)ccc1C. The van der Waals surface area contributed by atoms with Crippen LogP contribution in [0.2, 0.25) is 0 Å². The largest absolute Gasteiger partial charge is 0.496 e. The van der Waals surface area contributed by atoms with Gasteiger partial charge in [0.1, 0.15) is 34.1 Å². The minimum atomic E-state index is -2.05. The molecular formula is C26H27O6P. The maximum absolute atomic E-state index is 14.1. The van der Waals surface area contributed by atoms with E-state index in [4.69, 9.17) is 18.9 Å². The molecule has 0 spiro atoms. The van der Waals surface area contributed by atoms with Crippen LogP contribution in [-0.4, -0.2) is 39.5 Å². The summed E-state index contributed by atoms with van der Waals surface area (Å²) < 4.78 is 21.9. The lowest BCUT2D eigenvalue weighted by Crippen LogP contribution is -2.20. The standard InChI is InChI=1S/C26H27O6P/c1-16-13-14-17(2)22(15-16)33(25(27)23-18(29-3)9-7-10-19(23)30-4)26(28)24-20(31-5)11-8-12-21(24)32-6/h7-15H,1-6H3. The summed E-state index contributed by atoms with van der Waals surface area (Å²) in [6.45, 7) is 3.82.